The van der Waals surface area contributed by atoms with Crippen LogP contribution in [0.2, 0.25) is 0 Å². The summed E-state index contributed by atoms with van der Waals surface area (Å²) in [5.74, 6) is 1.19. The second-order valence-corrected chi connectivity index (χ2v) is 6.46. The average Bonchev–Trinajstić information content (AvgIpc) is 2.96. The molecule has 1 aromatic rings. The van der Waals surface area contributed by atoms with E-state index in [1.807, 2.05) is 6.20 Å². The van der Waals surface area contributed by atoms with Crippen LogP contribution >= 0.6 is 0 Å². The SMILES string of the molecule is CCn1ccnc1CN1CCN(C[C@H]2CN(C)CCO2)CC1. The molecule has 0 spiro atoms. The Morgan fingerprint density at radius 3 is 2.68 bits per heavy atom. The molecule has 0 amide bonds. The van der Waals surface area contributed by atoms with E-state index in [-0.39, 0.29) is 0 Å². The minimum atomic E-state index is 0.379. The number of morpholine rings is 1. The smallest absolute Gasteiger partial charge is 0.122 e. The molecule has 1 atom stereocenters. The van der Waals surface area contributed by atoms with E-state index in [1.54, 1.807) is 0 Å². The number of aromatic nitrogens is 2. The van der Waals surface area contributed by atoms with Gasteiger partial charge in [-0.3, -0.25) is 9.80 Å². The van der Waals surface area contributed by atoms with Crippen LogP contribution in [-0.4, -0.2) is 89.8 Å². The first-order chi connectivity index (χ1) is 10.7. The predicted octanol–water partition coefficient (Wildman–Crippen LogP) is 0.351. The molecule has 2 aliphatic heterocycles. The van der Waals surface area contributed by atoms with Gasteiger partial charge in [0.2, 0.25) is 0 Å². The summed E-state index contributed by atoms with van der Waals surface area (Å²) in [6, 6.07) is 0. The van der Waals surface area contributed by atoms with E-state index < -0.39 is 0 Å². The van der Waals surface area contributed by atoms with Crippen molar-refractivity contribution >= 4 is 0 Å². The summed E-state index contributed by atoms with van der Waals surface area (Å²) < 4.78 is 8.12. The number of hydrogen-bond acceptors (Lipinski definition) is 5. The maximum Gasteiger partial charge on any atom is 0.122 e. The first kappa shape index (κ1) is 15.9. The Kier molecular flexibility index (Phi) is 5.46. The lowest BCUT2D eigenvalue weighted by molar-refractivity contribution is -0.0414. The summed E-state index contributed by atoms with van der Waals surface area (Å²) in [5, 5.41) is 0. The van der Waals surface area contributed by atoms with Crippen molar-refractivity contribution in [3.8, 4) is 0 Å². The van der Waals surface area contributed by atoms with Crippen LogP contribution in [0, 0.1) is 0 Å². The fourth-order valence-corrected chi connectivity index (χ4v) is 3.37. The first-order valence-corrected chi connectivity index (χ1v) is 8.49. The molecule has 6 heteroatoms. The van der Waals surface area contributed by atoms with Gasteiger partial charge in [0, 0.05) is 64.8 Å². The molecule has 2 saturated heterocycles. The zero-order chi connectivity index (χ0) is 15.4. The van der Waals surface area contributed by atoms with Crippen LogP contribution < -0.4 is 0 Å². The van der Waals surface area contributed by atoms with Crippen molar-refractivity contribution < 1.29 is 4.74 Å². The number of nitrogens with zero attached hydrogens (tertiary/aromatic N) is 5. The highest BCUT2D eigenvalue weighted by atomic mass is 16.5. The highest BCUT2D eigenvalue weighted by molar-refractivity contribution is 4.93. The van der Waals surface area contributed by atoms with Gasteiger partial charge in [-0.15, -0.1) is 0 Å². The molecule has 0 aromatic carbocycles. The summed E-state index contributed by atoms with van der Waals surface area (Å²) in [4.78, 5) is 11.9. The molecule has 0 saturated carbocycles. The molecule has 0 radical (unpaired) electrons. The number of aryl methyl sites for hydroxylation is 1. The molecule has 124 valence electrons. The van der Waals surface area contributed by atoms with Gasteiger partial charge in [-0.1, -0.05) is 0 Å². The van der Waals surface area contributed by atoms with E-state index in [1.165, 1.54) is 5.82 Å². The Morgan fingerprint density at radius 1 is 1.18 bits per heavy atom. The Balaban J connectivity index is 1.42. The standard InChI is InChI=1S/C16H29N5O/c1-3-21-5-4-17-16(21)14-20-8-6-19(7-9-20)13-15-12-18(2)10-11-22-15/h4-5,15H,3,6-14H2,1-2H3/t15-/m1/s1. The minimum absolute atomic E-state index is 0.379. The number of piperazine rings is 1. The molecule has 6 nitrogen and oxygen atoms in total. The van der Waals surface area contributed by atoms with Gasteiger partial charge in [0.05, 0.1) is 19.3 Å². The quantitative estimate of drug-likeness (QED) is 0.785. The molecule has 1 aromatic heterocycles. The van der Waals surface area contributed by atoms with E-state index in [0.29, 0.717) is 6.10 Å². The Morgan fingerprint density at radius 2 is 1.95 bits per heavy atom. The van der Waals surface area contributed by atoms with Crippen molar-refractivity contribution in [2.75, 3.05) is 59.5 Å². The molecule has 0 N–H and O–H groups in total. The van der Waals surface area contributed by atoms with Crippen molar-refractivity contribution in [1.29, 1.82) is 0 Å². The molecular formula is C16H29N5O. The topological polar surface area (TPSA) is 36.8 Å². The lowest BCUT2D eigenvalue weighted by Crippen LogP contribution is -2.51. The summed E-state index contributed by atoms with van der Waals surface area (Å²) in [6.07, 6.45) is 4.36. The van der Waals surface area contributed by atoms with Gasteiger partial charge in [0.1, 0.15) is 5.82 Å². The fourth-order valence-electron chi connectivity index (χ4n) is 3.37. The molecule has 0 aliphatic carbocycles. The van der Waals surface area contributed by atoms with Crippen LogP contribution in [0.25, 0.3) is 0 Å². The Hall–Kier alpha value is -0.950. The minimum Gasteiger partial charge on any atom is -0.374 e. The average molecular weight is 307 g/mol. The van der Waals surface area contributed by atoms with Crippen LogP contribution in [0.3, 0.4) is 0 Å². The zero-order valence-corrected chi connectivity index (χ0v) is 13.9. The summed E-state index contributed by atoms with van der Waals surface area (Å²) in [7, 11) is 2.18. The Labute approximate surface area is 133 Å². The van der Waals surface area contributed by atoms with Gasteiger partial charge in [-0.2, -0.15) is 0 Å². The third kappa shape index (κ3) is 4.07. The van der Waals surface area contributed by atoms with Crippen LogP contribution in [0.15, 0.2) is 12.4 Å². The highest BCUT2D eigenvalue weighted by Crippen LogP contribution is 2.10. The molecule has 3 rings (SSSR count). The van der Waals surface area contributed by atoms with Crippen LogP contribution in [-0.2, 0) is 17.8 Å². The van der Waals surface area contributed by atoms with E-state index in [2.05, 4.69) is 44.4 Å². The molecular weight excluding hydrogens is 278 g/mol. The molecule has 3 heterocycles. The molecule has 2 aliphatic rings. The van der Waals surface area contributed by atoms with Crippen molar-refractivity contribution in [2.45, 2.75) is 26.1 Å². The number of likely N-dealkylation sites (N-methyl/N-ethyl adjacent to an activating group) is 1. The van der Waals surface area contributed by atoms with Gasteiger partial charge in [0.25, 0.3) is 0 Å². The van der Waals surface area contributed by atoms with E-state index in [4.69, 9.17) is 4.74 Å². The van der Waals surface area contributed by atoms with E-state index in [9.17, 15) is 0 Å². The van der Waals surface area contributed by atoms with Gasteiger partial charge in [0.15, 0.2) is 0 Å². The fraction of sp³-hybridized carbons (Fsp3) is 0.812. The van der Waals surface area contributed by atoms with Crippen molar-refractivity contribution in [2.24, 2.45) is 0 Å². The normalized spacial score (nSPS) is 25.6. The monoisotopic (exact) mass is 307 g/mol. The molecule has 2 fully saturated rings. The van der Waals surface area contributed by atoms with Crippen LogP contribution in [0.1, 0.15) is 12.7 Å². The van der Waals surface area contributed by atoms with E-state index >= 15 is 0 Å². The molecule has 0 unspecified atom stereocenters. The number of ether oxygens (including phenoxy) is 1. The van der Waals surface area contributed by atoms with Gasteiger partial charge < -0.3 is 14.2 Å². The zero-order valence-electron chi connectivity index (χ0n) is 13.9. The summed E-state index contributed by atoms with van der Waals surface area (Å²) >= 11 is 0. The lowest BCUT2D eigenvalue weighted by atomic mass is 10.2. The third-order valence-corrected chi connectivity index (χ3v) is 4.78. The second kappa shape index (κ2) is 7.55. The maximum atomic E-state index is 5.88. The largest absolute Gasteiger partial charge is 0.374 e. The van der Waals surface area contributed by atoms with Gasteiger partial charge >= 0.3 is 0 Å². The predicted molar refractivity (Wildman–Crippen MR) is 86.9 cm³/mol. The van der Waals surface area contributed by atoms with Gasteiger partial charge in [-0.25, -0.2) is 4.98 Å². The maximum absolute atomic E-state index is 5.88. The number of rotatable bonds is 5. The van der Waals surface area contributed by atoms with Crippen LogP contribution in [0.4, 0.5) is 0 Å². The second-order valence-electron chi connectivity index (χ2n) is 6.46. The van der Waals surface area contributed by atoms with Crippen molar-refractivity contribution in [3.63, 3.8) is 0 Å². The van der Waals surface area contributed by atoms with Crippen molar-refractivity contribution in [3.05, 3.63) is 18.2 Å². The molecule has 22 heavy (non-hydrogen) atoms. The summed E-state index contributed by atoms with van der Waals surface area (Å²) in [6.45, 7) is 12.7. The van der Waals surface area contributed by atoms with Crippen molar-refractivity contribution in [1.82, 2.24) is 24.3 Å². The first-order valence-electron chi connectivity index (χ1n) is 8.49. The van der Waals surface area contributed by atoms with Gasteiger partial charge in [-0.05, 0) is 14.0 Å². The molecule has 0 bridgehead atoms. The van der Waals surface area contributed by atoms with Crippen LogP contribution in [0.5, 0.6) is 0 Å². The third-order valence-electron chi connectivity index (χ3n) is 4.78. The summed E-state index contributed by atoms with van der Waals surface area (Å²) in [5.41, 5.74) is 0. The number of hydrogen-bond donors (Lipinski definition) is 0. The number of imidazole rings is 1. The van der Waals surface area contributed by atoms with E-state index in [0.717, 1.165) is 65.5 Å². The highest BCUT2D eigenvalue weighted by Gasteiger charge is 2.24. The lowest BCUT2D eigenvalue weighted by Gasteiger charge is -2.38. The Bertz CT molecular complexity index is 455.